The summed E-state index contributed by atoms with van der Waals surface area (Å²) in [5, 5.41) is 11.6. The lowest BCUT2D eigenvalue weighted by atomic mass is 10.2. The summed E-state index contributed by atoms with van der Waals surface area (Å²) in [6, 6.07) is 5.46. The van der Waals surface area contributed by atoms with Crippen molar-refractivity contribution in [2.24, 2.45) is 10.9 Å². The maximum atomic E-state index is 8.59. The van der Waals surface area contributed by atoms with Gasteiger partial charge in [-0.3, -0.25) is 0 Å². The molecule has 0 amide bonds. The molecule has 0 aliphatic carbocycles. The zero-order valence-corrected chi connectivity index (χ0v) is 9.23. The lowest BCUT2D eigenvalue weighted by Crippen LogP contribution is -2.12. The average molecular weight is 218 g/mol. The van der Waals surface area contributed by atoms with E-state index in [1.165, 1.54) is 0 Å². The van der Waals surface area contributed by atoms with Crippen LogP contribution in [0.5, 0.6) is 0 Å². The monoisotopic (exact) mass is 218 g/mol. The number of H-pyrrole nitrogens is 1. The van der Waals surface area contributed by atoms with Gasteiger partial charge in [-0.05, 0) is 18.2 Å². The minimum atomic E-state index is 0.0996. The highest BCUT2D eigenvalue weighted by atomic mass is 16.4. The molecular formula is C11H14N4O. The number of rotatable bonds is 2. The Morgan fingerprint density at radius 1 is 1.50 bits per heavy atom. The van der Waals surface area contributed by atoms with E-state index in [1.54, 1.807) is 6.07 Å². The van der Waals surface area contributed by atoms with Crippen molar-refractivity contribution in [3.63, 3.8) is 0 Å². The summed E-state index contributed by atoms with van der Waals surface area (Å²) >= 11 is 0. The van der Waals surface area contributed by atoms with E-state index in [0.717, 1.165) is 16.9 Å². The third kappa shape index (κ3) is 1.71. The lowest BCUT2D eigenvalue weighted by Gasteiger charge is -1.97. The fourth-order valence-electron chi connectivity index (χ4n) is 1.52. The zero-order chi connectivity index (χ0) is 11.7. The van der Waals surface area contributed by atoms with Gasteiger partial charge < -0.3 is 15.9 Å². The van der Waals surface area contributed by atoms with Crippen LogP contribution in [0.15, 0.2) is 23.4 Å². The van der Waals surface area contributed by atoms with Crippen LogP contribution in [0.25, 0.3) is 11.0 Å². The molecule has 5 nitrogen and oxygen atoms in total. The number of nitrogens with two attached hydrogens (primary N) is 1. The van der Waals surface area contributed by atoms with Crippen molar-refractivity contribution in [1.29, 1.82) is 0 Å². The molecule has 2 aromatic rings. The van der Waals surface area contributed by atoms with Crippen LogP contribution >= 0.6 is 0 Å². The second-order valence-corrected chi connectivity index (χ2v) is 3.99. The topological polar surface area (TPSA) is 87.3 Å². The van der Waals surface area contributed by atoms with Crippen molar-refractivity contribution in [3.05, 3.63) is 29.6 Å². The molecule has 0 spiro atoms. The molecular weight excluding hydrogens is 204 g/mol. The normalized spacial score (nSPS) is 12.6. The zero-order valence-electron chi connectivity index (χ0n) is 9.23. The quantitative estimate of drug-likeness (QED) is 0.311. The summed E-state index contributed by atoms with van der Waals surface area (Å²) < 4.78 is 0. The highest BCUT2D eigenvalue weighted by Gasteiger charge is 2.07. The van der Waals surface area contributed by atoms with Crippen LogP contribution in [0.1, 0.15) is 31.2 Å². The minimum absolute atomic E-state index is 0.0996. The Balaban J connectivity index is 2.54. The number of nitrogens with zero attached hydrogens (tertiary/aromatic N) is 2. The largest absolute Gasteiger partial charge is 0.409 e. The van der Waals surface area contributed by atoms with Gasteiger partial charge in [0.1, 0.15) is 5.82 Å². The van der Waals surface area contributed by atoms with Crippen molar-refractivity contribution in [3.8, 4) is 0 Å². The van der Waals surface area contributed by atoms with E-state index >= 15 is 0 Å². The van der Waals surface area contributed by atoms with Crippen molar-refractivity contribution in [2.45, 2.75) is 19.8 Å². The van der Waals surface area contributed by atoms with E-state index in [2.05, 4.69) is 29.0 Å². The average Bonchev–Trinajstić information content (AvgIpc) is 2.70. The van der Waals surface area contributed by atoms with E-state index < -0.39 is 0 Å². The van der Waals surface area contributed by atoms with Gasteiger partial charge in [-0.25, -0.2) is 4.98 Å². The van der Waals surface area contributed by atoms with Crippen LogP contribution in [0.4, 0.5) is 0 Å². The number of aromatic nitrogens is 2. The molecule has 0 atom stereocenters. The number of benzene rings is 1. The van der Waals surface area contributed by atoms with E-state index in [4.69, 9.17) is 10.9 Å². The number of nitrogens with one attached hydrogen (secondary N) is 1. The predicted octanol–water partition coefficient (Wildman–Crippen LogP) is 1.78. The van der Waals surface area contributed by atoms with E-state index in [1.807, 2.05) is 12.1 Å². The molecule has 1 heterocycles. The van der Waals surface area contributed by atoms with E-state index in [-0.39, 0.29) is 5.84 Å². The standard InChI is InChI=1S/C11H14N4O/c1-6(2)11-13-8-4-3-7(10(12)15-16)5-9(8)14-11/h3-6,16H,1-2H3,(H2,12,15)(H,13,14). The van der Waals surface area contributed by atoms with Crippen molar-refractivity contribution in [1.82, 2.24) is 9.97 Å². The van der Waals surface area contributed by atoms with Crippen LogP contribution in [0, 0.1) is 0 Å². The Kier molecular flexibility index (Phi) is 2.52. The number of imidazole rings is 1. The smallest absolute Gasteiger partial charge is 0.170 e. The van der Waals surface area contributed by atoms with Gasteiger partial charge in [0.15, 0.2) is 5.84 Å². The Bertz CT molecular complexity index is 542. The maximum absolute atomic E-state index is 8.59. The molecule has 84 valence electrons. The van der Waals surface area contributed by atoms with Gasteiger partial charge in [0.2, 0.25) is 0 Å². The third-order valence-electron chi connectivity index (χ3n) is 2.45. The molecule has 2 rings (SSSR count). The highest BCUT2D eigenvalue weighted by Crippen LogP contribution is 2.18. The summed E-state index contributed by atoms with van der Waals surface area (Å²) in [5.41, 5.74) is 7.98. The number of oxime groups is 1. The first-order chi connectivity index (χ1) is 7.61. The van der Waals surface area contributed by atoms with Crippen LogP contribution in [0.2, 0.25) is 0 Å². The number of aromatic amines is 1. The second kappa shape index (κ2) is 3.84. The van der Waals surface area contributed by atoms with Crippen LogP contribution in [-0.2, 0) is 0 Å². The molecule has 1 aromatic heterocycles. The molecule has 0 bridgehead atoms. The molecule has 5 heteroatoms. The molecule has 0 aliphatic heterocycles. The molecule has 0 aliphatic rings. The van der Waals surface area contributed by atoms with Crippen LogP contribution < -0.4 is 5.73 Å². The number of hydrogen-bond donors (Lipinski definition) is 3. The second-order valence-electron chi connectivity index (χ2n) is 3.99. The van der Waals surface area contributed by atoms with Gasteiger partial charge in [0, 0.05) is 11.5 Å². The van der Waals surface area contributed by atoms with E-state index in [0.29, 0.717) is 11.5 Å². The van der Waals surface area contributed by atoms with Gasteiger partial charge >= 0.3 is 0 Å². The molecule has 1 aromatic carbocycles. The van der Waals surface area contributed by atoms with Gasteiger partial charge in [-0.15, -0.1) is 0 Å². The number of fused-ring (bicyclic) bond motifs is 1. The lowest BCUT2D eigenvalue weighted by molar-refractivity contribution is 0.318. The number of amidine groups is 1. The molecule has 0 unspecified atom stereocenters. The predicted molar refractivity (Wildman–Crippen MR) is 62.7 cm³/mol. The Labute approximate surface area is 93.0 Å². The molecule has 4 N–H and O–H groups in total. The molecule has 0 saturated heterocycles. The maximum Gasteiger partial charge on any atom is 0.170 e. The Morgan fingerprint density at radius 3 is 2.88 bits per heavy atom. The summed E-state index contributed by atoms with van der Waals surface area (Å²) in [6.07, 6.45) is 0. The summed E-state index contributed by atoms with van der Waals surface area (Å²) in [7, 11) is 0. The van der Waals surface area contributed by atoms with Crippen molar-refractivity contribution < 1.29 is 5.21 Å². The van der Waals surface area contributed by atoms with Crippen molar-refractivity contribution >= 4 is 16.9 Å². The first-order valence-corrected chi connectivity index (χ1v) is 5.09. The van der Waals surface area contributed by atoms with Gasteiger partial charge in [0.05, 0.1) is 11.0 Å². The summed E-state index contributed by atoms with van der Waals surface area (Å²) in [5.74, 6) is 1.38. The summed E-state index contributed by atoms with van der Waals surface area (Å²) in [4.78, 5) is 7.65. The van der Waals surface area contributed by atoms with Gasteiger partial charge in [0.25, 0.3) is 0 Å². The first-order valence-electron chi connectivity index (χ1n) is 5.09. The minimum Gasteiger partial charge on any atom is -0.409 e. The third-order valence-corrected chi connectivity index (χ3v) is 2.45. The summed E-state index contributed by atoms with van der Waals surface area (Å²) in [6.45, 7) is 4.14. The molecule has 0 fully saturated rings. The molecule has 0 saturated carbocycles. The fraction of sp³-hybridized carbons (Fsp3) is 0.273. The number of hydrogen-bond acceptors (Lipinski definition) is 3. The van der Waals surface area contributed by atoms with Gasteiger partial charge in [-0.1, -0.05) is 19.0 Å². The van der Waals surface area contributed by atoms with Crippen LogP contribution in [-0.4, -0.2) is 21.0 Å². The van der Waals surface area contributed by atoms with Crippen molar-refractivity contribution in [2.75, 3.05) is 0 Å². The Hall–Kier alpha value is -2.04. The SMILES string of the molecule is CC(C)c1nc2ccc(/C(N)=N/O)cc2[nH]1. The van der Waals surface area contributed by atoms with Crippen LogP contribution in [0.3, 0.4) is 0 Å². The molecule has 16 heavy (non-hydrogen) atoms. The Morgan fingerprint density at radius 2 is 2.25 bits per heavy atom. The highest BCUT2D eigenvalue weighted by molar-refractivity contribution is 5.99. The van der Waals surface area contributed by atoms with Gasteiger partial charge in [-0.2, -0.15) is 0 Å². The van der Waals surface area contributed by atoms with E-state index in [9.17, 15) is 0 Å². The molecule has 0 radical (unpaired) electrons. The fourth-order valence-corrected chi connectivity index (χ4v) is 1.52. The first kappa shape index (κ1) is 10.5.